The van der Waals surface area contributed by atoms with Gasteiger partial charge < -0.3 is 0 Å². The number of nitrogens with zero attached hydrogens (tertiary/aromatic N) is 1. The summed E-state index contributed by atoms with van der Waals surface area (Å²) in [4.78, 5) is 3.31. The molecule has 1 aromatic rings. The molecule has 0 aliphatic heterocycles. The maximum Gasteiger partial charge on any atom is 0.433 e. The number of halogens is 4. The molecule has 14 heavy (non-hydrogen) atoms. The van der Waals surface area contributed by atoms with Crippen molar-refractivity contribution >= 4 is 22.0 Å². The van der Waals surface area contributed by atoms with Crippen molar-refractivity contribution in [3.8, 4) is 0 Å². The van der Waals surface area contributed by atoms with E-state index < -0.39 is 11.9 Å². The first-order valence-corrected chi connectivity index (χ1v) is 4.92. The Morgan fingerprint density at radius 3 is 2.50 bits per heavy atom. The van der Waals surface area contributed by atoms with Crippen LogP contribution in [0.1, 0.15) is 11.3 Å². The first-order chi connectivity index (χ1) is 6.54. The molecule has 1 nitrogen and oxygen atoms in total. The van der Waals surface area contributed by atoms with Crippen LogP contribution in [0.2, 0.25) is 0 Å². The third kappa shape index (κ3) is 3.14. The minimum atomic E-state index is -4.36. The van der Waals surface area contributed by atoms with Crippen LogP contribution in [-0.4, -0.2) is 10.3 Å². The highest BCUT2D eigenvalue weighted by Crippen LogP contribution is 2.27. The lowest BCUT2D eigenvalue weighted by atomic mass is 10.2. The molecule has 1 rings (SSSR count). The molecule has 0 bridgehead atoms. The van der Waals surface area contributed by atoms with Gasteiger partial charge in [0.25, 0.3) is 0 Å². The predicted octanol–water partition coefficient (Wildman–Crippen LogP) is 3.51. The van der Waals surface area contributed by atoms with Crippen molar-refractivity contribution in [2.75, 3.05) is 5.33 Å². The van der Waals surface area contributed by atoms with Crippen molar-refractivity contribution in [1.82, 2.24) is 4.98 Å². The van der Waals surface area contributed by atoms with Gasteiger partial charge in [0.1, 0.15) is 5.69 Å². The summed E-state index contributed by atoms with van der Waals surface area (Å²) in [7, 11) is 0. The van der Waals surface area contributed by atoms with Crippen LogP contribution in [0.15, 0.2) is 24.4 Å². The van der Waals surface area contributed by atoms with E-state index >= 15 is 0 Å². The maximum atomic E-state index is 12.1. The lowest BCUT2D eigenvalue weighted by Gasteiger charge is -2.04. The molecule has 0 saturated carbocycles. The average molecular weight is 266 g/mol. The number of hydrogen-bond donors (Lipinski definition) is 0. The summed E-state index contributed by atoms with van der Waals surface area (Å²) < 4.78 is 36.3. The van der Waals surface area contributed by atoms with E-state index in [2.05, 4.69) is 20.9 Å². The Balaban J connectivity index is 2.84. The molecule has 0 atom stereocenters. The van der Waals surface area contributed by atoms with Crippen molar-refractivity contribution in [3.05, 3.63) is 35.7 Å². The van der Waals surface area contributed by atoms with Gasteiger partial charge in [0.05, 0.1) is 0 Å². The zero-order valence-corrected chi connectivity index (χ0v) is 8.64. The Hall–Kier alpha value is -0.840. The van der Waals surface area contributed by atoms with Crippen molar-refractivity contribution in [2.45, 2.75) is 6.18 Å². The van der Waals surface area contributed by atoms with Gasteiger partial charge in [-0.25, -0.2) is 0 Å². The first-order valence-electron chi connectivity index (χ1n) is 3.80. The van der Waals surface area contributed by atoms with E-state index in [0.29, 0.717) is 10.9 Å². The van der Waals surface area contributed by atoms with E-state index in [9.17, 15) is 13.2 Å². The number of allylic oxidation sites excluding steroid dienone is 1. The smallest absolute Gasteiger partial charge is 0.251 e. The van der Waals surface area contributed by atoms with E-state index in [0.717, 1.165) is 6.07 Å². The molecule has 0 aromatic carbocycles. The largest absolute Gasteiger partial charge is 0.433 e. The molecule has 0 amide bonds. The van der Waals surface area contributed by atoms with Crippen molar-refractivity contribution < 1.29 is 13.2 Å². The Morgan fingerprint density at radius 2 is 2.07 bits per heavy atom. The highest BCUT2D eigenvalue weighted by atomic mass is 79.9. The Kier molecular flexibility index (Phi) is 3.69. The minimum Gasteiger partial charge on any atom is -0.251 e. The van der Waals surface area contributed by atoms with Crippen LogP contribution < -0.4 is 0 Å². The predicted molar refractivity (Wildman–Crippen MR) is 52.1 cm³/mol. The quantitative estimate of drug-likeness (QED) is 0.746. The monoisotopic (exact) mass is 265 g/mol. The van der Waals surface area contributed by atoms with Crippen molar-refractivity contribution in [2.24, 2.45) is 0 Å². The van der Waals surface area contributed by atoms with Crippen LogP contribution in [0.5, 0.6) is 0 Å². The van der Waals surface area contributed by atoms with Gasteiger partial charge in [-0.15, -0.1) is 0 Å². The van der Waals surface area contributed by atoms with E-state index in [1.54, 1.807) is 12.2 Å². The second kappa shape index (κ2) is 4.59. The number of rotatable bonds is 2. The zero-order valence-electron chi connectivity index (χ0n) is 7.05. The average Bonchev–Trinajstić information content (AvgIpc) is 2.14. The molecule has 0 N–H and O–H groups in total. The maximum absolute atomic E-state index is 12.1. The van der Waals surface area contributed by atoms with Gasteiger partial charge in [0.15, 0.2) is 0 Å². The fourth-order valence-electron chi connectivity index (χ4n) is 0.852. The standard InChI is InChI=1S/C9H7BrF3N/c10-5-1-2-7-3-4-8(14-6-7)9(11,12)13/h1-4,6H,5H2. The molecule has 1 heterocycles. The van der Waals surface area contributed by atoms with Crippen molar-refractivity contribution in [1.29, 1.82) is 0 Å². The molecule has 0 radical (unpaired) electrons. The molecule has 0 aliphatic carbocycles. The molecule has 0 aliphatic rings. The van der Waals surface area contributed by atoms with Gasteiger partial charge in [-0.3, -0.25) is 4.98 Å². The van der Waals surface area contributed by atoms with Crippen LogP contribution in [0.4, 0.5) is 13.2 Å². The Morgan fingerprint density at radius 1 is 1.36 bits per heavy atom. The Labute approximate surface area is 87.8 Å². The van der Waals surface area contributed by atoms with Gasteiger partial charge in [-0.05, 0) is 11.6 Å². The second-order valence-corrected chi connectivity index (χ2v) is 3.18. The molecule has 0 spiro atoms. The lowest BCUT2D eigenvalue weighted by Crippen LogP contribution is -2.07. The summed E-state index contributed by atoms with van der Waals surface area (Å²) in [5.74, 6) is 0. The third-order valence-electron chi connectivity index (χ3n) is 1.48. The van der Waals surface area contributed by atoms with E-state index in [1.807, 2.05) is 0 Å². The molecule has 0 fully saturated rings. The van der Waals surface area contributed by atoms with Gasteiger partial charge in [0.2, 0.25) is 0 Å². The summed E-state index contributed by atoms with van der Waals surface area (Å²) in [6, 6.07) is 2.35. The van der Waals surface area contributed by atoms with Gasteiger partial charge in [0, 0.05) is 11.5 Å². The second-order valence-electron chi connectivity index (χ2n) is 2.53. The Bertz CT molecular complexity index is 316. The minimum absolute atomic E-state index is 0.650. The van der Waals surface area contributed by atoms with E-state index in [1.165, 1.54) is 12.3 Å². The molecule has 5 heteroatoms. The fraction of sp³-hybridized carbons (Fsp3) is 0.222. The zero-order chi connectivity index (χ0) is 10.6. The topological polar surface area (TPSA) is 12.9 Å². The van der Waals surface area contributed by atoms with E-state index in [-0.39, 0.29) is 0 Å². The molecule has 1 aromatic heterocycles. The normalized spacial score (nSPS) is 12.3. The highest BCUT2D eigenvalue weighted by Gasteiger charge is 2.31. The summed E-state index contributed by atoms with van der Waals surface area (Å²) in [5, 5.41) is 0.661. The summed E-state index contributed by atoms with van der Waals surface area (Å²) in [6.45, 7) is 0. The lowest BCUT2D eigenvalue weighted by molar-refractivity contribution is -0.141. The number of hydrogen-bond acceptors (Lipinski definition) is 1. The van der Waals surface area contributed by atoms with Crippen molar-refractivity contribution in [3.63, 3.8) is 0 Å². The molecular weight excluding hydrogens is 259 g/mol. The van der Waals surface area contributed by atoms with Gasteiger partial charge in [-0.2, -0.15) is 13.2 Å². The summed E-state index contributed by atoms with van der Waals surface area (Å²) in [6.07, 6.45) is 0.311. The molecular formula is C9H7BrF3N. The van der Waals surface area contributed by atoms with Gasteiger partial charge >= 0.3 is 6.18 Å². The SMILES string of the molecule is FC(F)(F)c1ccc(C=CCBr)cn1. The van der Waals surface area contributed by atoms with Crippen LogP contribution in [0.3, 0.4) is 0 Å². The van der Waals surface area contributed by atoms with Crippen LogP contribution in [0, 0.1) is 0 Å². The molecule has 0 saturated heterocycles. The van der Waals surface area contributed by atoms with Crippen LogP contribution >= 0.6 is 15.9 Å². The van der Waals surface area contributed by atoms with Crippen LogP contribution in [-0.2, 0) is 6.18 Å². The van der Waals surface area contributed by atoms with Crippen LogP contribution in [0.25, 0.3) is 6.08 Å². The number of pyridine rings is 1. The highest BCUT2D eigenvalue weighted by molar-refractivity contribution is 9.09. The fourth-order valence-corrected chi connectivity index (χ4v) is 1.04. The molecule has 0 unspecified atom stereocenters. The van der Waals surface area contributed by atoms with E-state index in [4.69, 9.17) is 0 Å². The number of aromatic nitrogens is 1. The summed E-state index contributed by atoms with van der Waals surface area (Å²) in [5.41, 5.74) is -0.217. The van der Waals surface area contributed by atoms with Gasteiger partial charge in [-0.1, -0.05) is 34.1 Å². The molecule has 76 valence electrons. The first kappa shape index (κ1) is 11.2. The number of alkyl halides is 4. The third-order valence-corrected chi connectivity index (χ3v) is 1.85. The summed E-state index contributed by atoms with van der Waals surface area (Å²) >= 11 is 3.17.